The highest BCUT2D eigenvalue weighted by molar-refractivity contribution is 5.95. The zero-order valence-electron chi connectivity index (χ0n) is 14.8. The zero-order valence-corrected chi connectivity index (χ0v) is 14.8. The van der Waals surface area contributed by atoms with Crippen LogP contribution in [0.4, 0.5) is 5.69 Å². The van der Waals surface area contributed by atoms with Crippen molar-refractivity contribution in [1.82, 2.24) is 14.7 Å². The maximum Gasteiger partial charge on any atom is 0.227 e. The number of rotatable bonds is 3. The summed E-state index contributed by atoms with van der Waals surface area (Å²) in [5, 5.41) is 4.83. The van der Waals surface area contributed by atoms with Crippen LogP contribution in [0.25, 0.3) is 5.69 Å². The first-order valence-corrected chi connectivity index (χ1v) is 9.39. The average molecular weight is 346 g/mol. The molecule has 132 valence electrons. The molecule has 2 aromatic rings. The van der Waals surface area contributed by atoms with Crippen molar-refractivity contribution >= 4 is 11.6 Å². The van der Waals surface area contributed by atoms with Crippen LogP contribution < -0.4 is 4.90 Å². The maximum atomic E-state index is 11.9. The lowest BCUT2D eigenvalue weighted by Gasteiger charge is -2.26. The van der Waals surface area contributed by atoms with Crippen molar-refractivity contribution in [2.75, 3.05) is 24.5 Å². The molecule has 0 saturated carbocycles. The van der Waals surface area contributed by atoms with E-state index < -0.39 is 0 Å². The zero-order chi connectivity index (χ0) is 17.5. The third-order valence-electron chi connectivity index (χ3n) is 5.55. The van der Waals surface area contributed by atoms with E-state index in [4.69, 9.17) is 5.10 Å². The second-order valence-electron chi connectivity index (χ2n) is 7.15. The Morgan fingerprint density at radius 2 is 1.69 bits per heavy atom. The van der Waals surface area contributed by atoms with E-state index in [-0.39, 0.29) is 5.91 Å². The standard InChI is InChI=1S/C21H22N4O/c26-21-5-2-12-24(21)18-6-8-19(9-7-18)25-15-16-10-13-23(17-3-1-4-17)14-11-20(16)22-25/h1,3-4,6-9,15H,2,5,10-14H2. The molecule has 1 aromatic carbocycles. The Morgan fingerprint density at radius 1 is 0.923 bits per heavy atom. The molecule has 5 heteroatoms. The van der Waals surface area contributed by atoms with Gasteiger partial charge in [0.1, 0.15) is 0 Å². The fourth-order valence-electron chi connectivity index (χ4n) is 3.96. The van der Waals surface area contributed by atoms with Crippen LogP contribution in [0.15, 0.2) is 54.4 Å². The number of amides is 1. The SMILES string of the molecule is O=C1CCCN1c1ccc(-n2cc3c(n2)CCN(C2=CC=C2)CC3)cc1. The summed E-state index contributed by atoms with van der Waals surface area (Å²) in [5.41, 5.74) is 5.93. The van der Waals surface area contributed by atoms with Crippen molar-refractivity contribution in [2.24, 2.45) is 0 Å². The molecule has 26 heavy (non-hydrogen) atoms. The predicted molar refractivity (Wildman–Crippen MR) is 101 cm³/mol. The Bertz CT molecular complexity index is 881. The summed E-state index contributed by atoms with van der Waals surface area (Å²) >= 11 is 0. The summed E-state index contributed by atoms with van der Waals surface area (Å²) in [4.78, 5) is 16.2. The van der Waals surface area contributed by atoms with Gasteiger partial charge in [-0.1, -0.05) is 6.08 Å². The van der Waals surface area contributed by atoms with Crippen molar-refractivity contribution in [2.45, 2.75) is 25.7 Å². The van der Waals surface area contributed by atoms with Gasteiger partial charge in [0, 0.05) is 50.1 Å². The summed E-state index contributed by atoms with van der Waals surface area (Å²) in [7, 11) is 0. The number of anilines is 1. The Kier molecular flexibility index (Phi) is 3.66. The fourth-order valence-corrected chi connectivity index (χ4v) is 3.96. The van der Waals surface area contributed by atoms with Gasteiger partial charge in [-0.15, -0.1) is 0 Å². The van der Waals surface area contributed by atoms with Crippen LogP contribution in [0.1, 0.15) is 24.1 Å². The smallest absolute Gasteiger partial charge is 0.227 e. The van der Waals surface area contributed by atoms with Gasteiger partial charge >= 0.3 is 0 Å². The van der Waals surface area contributed by atoms with Gasteiger partial charge in [-0.2, -0.15) is 5.10 Å². The van der Waals surface area contributed by atoms with Crippen LogP contribution in [0.3, 0.4) is 0 Å². The molecule has 5 rings (SSSR count). The molecule has 0 unspecified atom stereocenters. The molecular weight excluding hydrogens is 324 g/mol. The highest BCUT2D eigenvalue weighted by Crippen LogP contribution is 2.25. The van der Waals surface area contributed by atoms with Crippen LogP contribution in [0.5, 0.6) is 0 Å². The molecule has 3 heterocycles. The first kappa shape index (κ1) is 15.4. The summed E-state index contributed by atoms with van der Waals surface area (Å²) in [6, 6.07) is 8.18. The number of hydrogen-bond donors (Lipinski definition) is 0. The Hall–Kier alpha value is -2.82. The van der Waals surface area contributed by atoms with E-state index in [2.05, 4.69) is 41.5 Å². The minimum atomic E-state index is 0.226. The lowest BCUT2D eigenvalue weighted by Crippen LogP contribution is -2.26. The van der Waals surface area contributed by atoms with Gasteiger partial charge in [0.25, 0.3) is 0 Å². The van der Waals surface area contributed by atoms with Gasteiger partial charge in [0.05, 0.1) is 11.4 Å². The second-order valence-corrected chi connectivity index (χ2v) is 7.15. The normalized spacial score (nSPS) is 19.2. The lowest BCUT2D eigenvalue weighted by molar-refractivity contribution is -0.117. The van der Waals surface area contributed by atoms with Crippen LogP contribution in [-0.4, -0.2) is 40.2 Å². The number of fused-ring (bicyclic) bond motifs is 1. The minimum Gasteiger partial charge on any atom is -0.371 e. The summed E-state index contributed by atoms with van der Waals surface area (Å²) in [6.45, 7) is 2.90. The van der Waals surface area contributed by atoms with Gasteiger partial charge < -0.3 is 9.80 Å². The van der Waals surface area contributed by atoms with E-state index in [1.165, 1.54) is 17.0 Å². The summed E-state index contributed by atoms with van der Waals surface area (Å²) in [5.74, 6) is 0.226. The van der Waals surface area contributed by atoms with Gasteiger partial charge in [-0.3, -0.25) is 4.79 Å². The van der Waals surface area contributed by atoms with Gasteiger partial charge in [0.15, 0.2) is 0 Å². The molecule has 1 aromatic heterocycles. The van der Waals surface area contributed by atoms with E-state index in [0.717, 1.165) is 50.3 Å². The first-order chi connectivity index (χ1) is 12.8. The van der Waals surface area contributed by atoms with Crippen LogP contribution in [0, 0.1) is 0 Å². The highest BCUT2D eigenvalue weighted by atomic mass is 16.2. The lowest BCUT2D eigenvalue weighted by atomic mass is 10.1. The average Bonchev–Trinajstić information content (AvgIpc) is 3.17. The number of allylic oxidation sites excluding steroid dienone is 3. The number of carbonyl (C=O) groups is 1. The molecule has 0 atom stereocenters. The number of nitrogens with zero attached hydrogens (tertiary/aromatic N) is 4. The highest BCUT2D eigenvalue weighted by Gasteiger charge is 2.22. The van der Waals surface area contributed by atoms with E-state index >= 15 is 0 Å². The van der Waals surface area contributed by atoms with E-state index in [1.807, 2.05) is 21.7 Å². The van der Waals surface area contributed by atoms with Crippen molar-refractivity contribution in [3.8, 4) is 5.69 Å². The number of carbonyl (C=O) groups excluding carboxylic acids is 1. The molecule has 2 aliphatic heterocycles. The Balaban J connectivity index is 1.33. The number of hydrogen-bond acceptors (Lipinski definition) is 3. The molecule has 1 saturated heterocycles. The van der Waals surface area contributed by atoms with Crippen LogP contribution in [-0.2, 0) is 17.6 Å². The van der Waals surface area contributed by atoms with E-state index in [9.17, 15) is 4.79 Å². The topological polar surface area (TPSA) is 41.4 Å². The maximum absolute atomic E-state index is 11.9. The number of benzene rings is 1. The van der Waals surface area contributed by atoms with Crippen molar-refractivity contribution in [3.05, 3.63) is 65.6 Å². The van der Waals surface area contributed by atoms with Gasteiger partial charge in [0.2, 0.25) is 5.91 Å². The van der Waals surface area contributed by atoms with Gasteiger partial charge in [-0.25, -0.2) is 4.68 Å². The van der Waals surface area contributed by atoms with Crippen molar-refractivity contribution < 1.29 is 4.79 Å². The summed E-state index contributed by atoms with van der Waals surface area (Å²) < 4.78 is 1.98. The van der Waals surface area contributed by atoms with E-state index in [0.29, 0.717) is 6.42 Å². The van der Waals surface area contributed by atoms with Crippen LogP contribution >= 0.6 is 0 Å². The Morgan fingerprint density at radius 3 is 2.38 bits per heavy atom. The monoisotopic (exact) mass is 346 g/mol. The molecular formula is C21H22N4O. The minimum absolute atomic E-state index is 0.226. The summed E-state index contributed by atoms with van der Waals surface area (Å²) in [6.07, 6.45) is 12.2. The van der Waals surface area contributed by atoms with Crippen molar-refractivity contribution in [1.29, 1.82) is 0 Å². The second kappa shape index (κ2) is 6.16. The molecule has 1 aliphatic carbocycles. The number of aromatic nitrogens is 2. The molecule has 1 amide bonds. The molecule has 0 spiro atoms. The largest absolute Gasteiger partial charge is 0.371 e. The van der Waals surface area contributed by atoms with E-state index in [1.54, 1.807) is 0 Å². The first-order valence-electron chi connectivity index (χ1n) is 9.39. The molecule has 1 fully saturated rings. The Labute approximate surface area is 153 Å². The third kappa shape index (κ3) is 2.64. The molecule has 0 N–H and O–H groups in total. The molecule has 0 radical (unpaired) electrons. The molecule has 3 aliphatic rings. The quantitative estimate of drug-likeness (QED) is 0.858. The predicted octanol–water partition coefficient (Wildman–Crippen LogP) is 2.85. The molecule has 0 bridgehead atoms. The molecule has 5 nitrogen and oxygen atoms in total. The van der Waals surface area contributed by atoms with Gasteiger partial charge in [-0.05, 0) is 54.8 Å². The fraction of sp³-hybridized carbons (Fsp3) is 0.333. The van der Waals surface area contributed by atoms with Crippen molar-refractivity contribution in [3.63, 3.8) is 0 Å². The third-order valence-corrected chi connectivity index (χ3v) is 5.55. The van der Waals surface area contributed by atoms with Crippen LogP contribution in [0.2, 0.25) is 0 Å².